The second kappa shape index (κ2) is 5.19. The summed E-state index contributed by atoms with van der Waals surface area (Å²) in [6.45, 7) is 5.85. The topological polar surface area (TPSA) is 49.5 Å². The van der Waals surface area contributed by atoms with Crippen LogP contribution in [0.25, 0.3) is 0 Å². The first-order valence-electron chi connectivity index (χ1n) is 6.93. The normalized spacial score (nSPS) is 15.6. The van der Waals surface area contributed by atoms with E-state index in [9.17, 15) is 5.11 Å². The molecule has 0 amide bonds. The molecule has 0 radical (unpaired) electrons. The first kappa shape index (κ1) is 13.2. The fraction of sp³-hybridized carbons (Fsp3) is 0.600. The summed E-state index contributed by atoms with van der Waals surface area (Å²) in [7, 11) is 0. The minimum Gasteiger partial charge on any atom is -0.399 e. The molecule has 0 unspecified atom stereocenters. The first-order chi connectivity index (χ1) is 8.58. The Morgan fingerprint density at radius 3 is 2.72 bits per heavy atom. The number of nitrogens with two attached hydrogens (primary N) is 1. The van der Waals surface area contributed by atoms with Gasteiger partial charge in [0.2, 0.25) is 0 Å². The van der Waals surface area contributed by atoms with Gasteiger partial charge in [0.1, 0.15) is 0 Å². The van der Waals surface area contributed by atoms with E-state index < -0.39 is 5.60 Å². The summed E-state index contributed by atoms with van der Waals surface area (Å²) in [5, 5.41) is 10.5. The van der Waals surface area contributed by atoms with Gasteiger partial charge in [-0.2, -0.15) is 0 Å². The van der Waals surface area contributed by atoms with Crippen LogP contribution in [0.3, 0.4) is 0 Å². The monoisotopic (exact) mass is 248 g/mol. The number of hydrogen-bond acceptors (Lipinski definition) is 3. The fourth-order valence-electron chi connectivity index (χ4n) is 2.69. The lowest BCUT2D eigenvalue weighted by molar-refractivity contribution is 0.0390. The highest BCUT2D eigenvalue weighted by atomic mass is 16.3. The van der Waals surface area contributed by atoms with Crippen molar-refractivity contribution >= 4 is 11.4 Å². The summed E-state index contributed by atoms with van der Waals surface area (Å²) < 4.78 is 0. The number of β-amino-alcohol motifs (C(OH)–C–C–N with tert-alkyl or cyclic N) is 1. The Balaban J connectivity index is 2.22. The van der Waals surface area contributed by atoms with Crippen LogP contribution in [0.5, 0.6) is 0 Å². The zero-order valence-corrected chi connectivity index (χ0v) is 11.4. The maximum absolute atomic E-state index is 10.5. The zero-order valence-electron chi connectivity index (χ0n) is 11.4. The number of anilines is 2. The van der Waals surface area contributed by atoms with Crippen molar-refractivity contribution in [2.24, 2.45) is 0 Å². The predicted octanol–water partition coefficient (Wildman–Crippen LogP) is 2.57. The van der Waals surface area contributed by atoms with Gasteiger partial charge in [0, 0.05) is 24.5 Å². The van der Waals surface area contributed by atoms with Crippen molar-refractivity contribution in [2.75, 3.05) is 23.7 Å². The van der Waals surface area contributed by atoms with E-state index in [1.165, 1.54) is 11.3 Å². The summed E-state index contributed by atoms with van der Waals surface area (Å²) in [5.41, 5.74) is 8.66. The molecule has 0 atom stereocenters. The van der Waals surface area contributed by atoms with Gasteiger partial charge in [0.15, 0.2) is 0 Å². The smallest absolute Gasteiger partial charge is 0.0816 e. The first-order valence-corrected chi connectivity index (χ1v) is 6.93. The third-order valence-corrected chi connectivity index (χ3v) is 4.12. The molecule has 0 saturated carbocycles. The molecule has 0 aromatic heterocycles. The Bertz CT molecular complexity index is 413. The molecule has 1 aliphatic rings. The summed E-state index contributed by atoms with van der Waals surface area (Å²) in [5.74, 6) is 0. The molecule has 1 heterocycles. The number of aliphatic hydroxyl groups is 1. The van der Waals surface area contributed by atoms with Gasteiger partial charge < -0.3 is 15.7 Å². The average Bonchev–Trinajstić information content (AvgIpc) is 2.38. The minimum atomic E-state index is -0.573. The van der Waals surface area contributed by atoms with Crippen LogP contribution in [0, 0.1) is 0 Å². The second-order valence-electron chi connectivity index (χ2n) is 5.34. The molecule has 1 aromatic carbocycles. The van der Waals surface area contributed by atoms with Gasteiger partial charge in [0.05, 0.1) is 5.60 Å². The highest BCUT2D eigenvalue weighted by Gasteiger charge is 2.28. The molecule has 0 bridgehead atoms. The maximum Gasteiger partial charge on any atom is 0.0816 e. The Labute approximate surface area is 110 Å². The van der Waals surface area contributed by atoms with Crippen molar-refractivity contribution in [1.29, 1.82) is 0 Å². The molecule has 0 fully saturated rings. The third-order valence-electron chi connectivity index (χ3n) is 4.12. The summed E-state index contributed by atoms with van der Waals surface area (Å²) in [6, 6.07) is 6.11. The van der Waals surface area contributed by atoms with Crippen LogP contribution in [0.2, 0.25) is 0 Å². The maximum atomic E-state index is 10.5. The fourth-order valence-corrected chi connectivity index (χ4v) is 2.69. The van der Waals surface area contributed by atoms with Crippen molar-refractivity contribution in [1.82, 2.24) is 0 Å². The van der Waals surface area contributed by atoms with Crippen LogP contribution in [-0.2, 0) is 6.42 Å². The van der Waals surface area contributed by atoms with Crippen LogP contribution in [0.15, 0.2) is 18.2 Å². The molecule has 0 saturated heterocycles. The van der Waals surface area contributed by atoms with Gasteiger partial charge >= 0.3 is 0 Å². The van der Waals surface area contributed by atoms with E-state index in [4.69, 9.17) is 5.73 Å². The Hall–Kier alpha value is -1.22. The third kappa shape index (κ3) is 2.61. The van der Waals surface area contributed by atoms with Crippen LogP contribution < -0.4 is 10.6 Å². The van der Waals surface area contributed by atoms with E-state index in [1.807, 2.05) is 6.07 Å². The highest BCUT2D eigenvalue weighted by Crippen LogP contribution is 2.31. The lowest BCUT2D eigenvalue weighted by Gasteiger charge is -2.38. The number of rotatable bonds is 4. The summed E-state index contributed by atoms with van der Waals surface area (Å²) in [6.07, 6.45) is 3.82. The zero-order chi connectivity index (χ0) is 13.2. The van der Waals surface area contributed by atoms with E-state index in [2.05, 4.69) is 30.9 Å². The Morgan fingerprint density at radius 1 is 1.33 bits per heavy atom. The molecule has 2 rings (SSSR count). The molecular formula is C15H24N2O. The molecule has 0 aliphatic carbocycles. The number of nitrogens with zero attached hydrogens (tertiary/aromatic N) is 1. The molecule has 1 aromatic rings. The molecule has 3 heteroatoms. The summed E-state index contributed by atoms with van der Waals surface area (Å²) >= 11 is 0. The van der Waals surface area contributed by atoms with Gasteiger partial charge in [-0.3, -0.25) is 0 Å². The Kier molecular flexibility index (Phi) is 3.81. The van der Waals surface area contributed by atoms with E-state index in [0.29, 0.717) is 0 Å². The van der Waals surface area contributed by atoms with Crippen molar-refractivity contribution in [3.05, 3.63) is 23.8 Å². The van der Waals surface area contributed by atoms with Crippen molar-refractivity contribution < 1.29 is 5.11 Å². The summed E-state index contributed by atoms with van der Waals surface area (Å²) in [4.78, 5) is 2.31. The van der Waals surface area contributed by atoms with Crippen LogP contribution in [0.1, 0.15) is 38.7 Å². The number of nitrogen functional groups attached to an aromatic ring is 1. The molecule has 3 nitrogen and oxygen atoms in total. The lowest BCUT2D eigenvalue weighted by atomic mass is 9.94. The number of benzene rings is 1. The Morgan fingerprint density at radius 2 is 2.06 bits per heavy atom. The van der Waals surface area contributed by atoms with Crippen LogP contribution in [-0.4, -0.2) is 23.8 Å². The van der Waals surface area contributed by atoms with Gasteiger partial charge in [-0.05, 0) is 49.4 Å². The number of hydrogen-bond donors (Lipinski definition) is 2. The molecular weight excluding hydrogens is 224 g/mol. The van der Waals surface area contributed by atoms with E-state index in [0.717, 1.165) is 44.5 Å². The average molecular weight is 248 g/mol. The number of aryl methyl sites for hydroxylation is 1. The van der Waals surface area contributed by atoms with Gasteiger partial charge in [-0.25, -0.2) is 0 Å². The second-order valence-corrected chi connectivity index (χ2v) is 5.34. The standard InChI is InChI=1S/C15H24N2O/c1-3-15(18,4-2)11-17-9-5-6-12-10-13(16)7-8-14(12)17/h7-8,10,18H,3-6,9,11,16H2,1-2H3. The SMILES string of the molecule is CCC(O)(CC)CN1CCCc2cc(N)ccc21. The van der Waals surface area contributed by atoms with Crippen LogP contribution >= 0.6 is 0 Å². The number of fused-ring (bicyclic) bond motifs is 1. The minimum absolute atomic E-state index is 0.573. The predicted molar refractivity (Wildman–Crippen MR) is 76.9 cm³/mol. The van der Waals surface area contributed by atoms with E-state index in [1.54, 1.807) is 0 Å². The molecule has 3 N–H and O–H groups in total. The molecule has 18 heavy (non-hydrogen) atoms. The largest absolute Gasteiger partial charge is 0.399 e. The molecule has 0 spiro atoms. The quantitative estimate of drug-likeness (QED) is 0.805. The van der Waals surface area contributed by atoms with Gasteiger partial charge in [-0.1, -0.05) is 13.8 Å². The van der Waals surface area contributed by atoms with Gasteiger partial charge in [-0.15, -0.1) is 0 Å². The van der Waals surface area contributed by atoms with E-state index >= 15 is 0 Å². The molecule has 100 valence electrons. The van der Waals surface area contributed by atoms with Crippen molar-refractivity contribution in [3.8, 4) is 0 Å². The van der Waals surface area contributed by atoms with Gasteiger partial charge in [0.25, 0.3) is 0 Å². The molecule has 1 aliphatic heterocycles. The van der Waals surface area contributed by atoms with Crippen molar-refractivity contribution in [3.63, 3.8) is 0 Å². The lowest BCUT2D eigenvalue weighted by Crippen LogP contribution is -2.44. The van der Waals surface area contributed by atoms with E-state index in [-0.39, 0.29) is 0 Å². The van der Waals surface area contributed by atoms with Crippen LogP contribution in [0.4, 0.5) is 11.4 Å². The van der Waals surface area contributed by atoms with Crippen molar-refractivity contribution in [2.45, 2.75) is 45.1 Å². The highest BCUT2D eigenvalue weighted by molar-refractivity contribution is 5.61.